The van der Waals surface area contributed by atoms with Gasteiger partial charge in [-0.2, -0.15) is 0 Å². The number of carbonyl (C=O) groups is 4. The zero-order valence-corrected chi connectivity index (χ0v) is 22.7. The molecule has 0 aliphatic heterocycles. The van der Waals surface area contributed by atoms with Crippen LogP contribution in [0.15, 0.2) is 0 Å². The van der Waals surface area contributed by atoms with E-state index in [1.807, 2.05) is 0 Å². The number of carbonyl (C=O) groups excluding carboxylic acids is 3. The van der Waals surface area contributed by atoms with Gasteiger partial charge in [0, 0.05) is 13.0 Å². The van der Waals surface area contributed by atoms with Crippen molar-refractivity contribution in [2.45, 2.75) is 39.2 Å². The molecular formula is C24H43NO13. The van der Waals surface area contributed by atoms with E-state index in [-0.39, 0.29) is 26.1 Å². The summed E-state index contributed by atoms with van der Waals surface area (Å²) in [6.07, 6.45) is -1.13. The molecule has 38 heavy (non-hydrogen) atoms. The molecule has 0 aliphatic carbocycles. The number of carboxylic acid groups (broad SMARTS) is 1. The van der Waals surface area contributed by atoms with Gasteiger partial charge in [0.2, 0.25) is 5.78 Å². The molecule has 0 aromatic heterocycles. The molecule has 0 spiro atoms. The van der Waals surface area contributed by atoms with E-state index in [1.54, 1.807) is 20.8 Å². The summed E-state index contributed by atoms with van der Waals surface area (Å²) in [5.74, 6) is -3.25. The Morgan fingerprint density at radius 3 is 1.39 bits per heavy atom. The zero-order valence-electron chi connectivity index (χ0n) is 22.7. The highest BCUT2D eigenvalue weighted by Gasteiger charge is 2.15. The number of Topliss-reactive ketones (excluding diaryl/α,β-unsaturated/α-hetero) is 1. The van der Waals surface area contributed by atoms with Crippen molar-refractivity contribution in [3.8, 4) is 0 Å². The first-order valence-corrected chi connectivity index (χ1v) is 12.5. The lowest BCUT2D eigenvalue weighted by atomic mass is 10.2. The van der Waals surface area contributed by atoms with Crippen LogP contribution in [0, 0.1) is 0 Å². The average Bonchev–Trinajstić information content (AvgIpc) is 2.84. The predicted molar refractivity (Wildman–Crippen MR) is 132 cm³/mol. The van der Waals surface area contributed by atoms with Crippen LogP contribution in [0.25, 0.3) is 0 Å². The molecule has 14 nitrogen and oxygen atoms in total. The fourth-order valence-electron chi connectivity index (χ4n) is 2.35. The summed E-state index contributed by atoms with van der Waals surface area (Å²) in [7, 11) is 0. The van der Waals surface area contributed by atoms with Crippen molar-refractivity contribution >= 4 is 23.8 Å². The monoisotopic (exact) mass is 553 g/mol. The van der Waals surface area contributed by atoms with Gasteiger partial charge in [0.15, 0.2) is 0 Å². The Hall–Kier alpha value is -2.36. The fraction of sp³-hybridized carbons (Fsp3) is 0.833. The lowest BCUT2D eigenvalue weighted by molar-refractivity contribution is -0.151. The quantitative estimate of drug-likeness (QED) is 0.0914. The summed E-state index contributed by atoms with van der Waals surface area (Å²) in [4.78, 5) is 44.0. The molecule has 14 heteroatoms. The highest BCUT2D eigenvalue weighted by molar-refractivity contribution is 6.32. The maximum Gasteiger partial charge on any atom is 0.407 e. The first-order chi connectivity index (χ1) is 18.1. The van der Waals surface area contributed by atoms with Crippen molar-refractivity contribution in [1.29, 1.82) is 0 Å². The number of hydrogen-bond donors (Lipinski definition) is 2. The maximum absolute atomic E-state index is 11.4. The van der Waals surface area contributed by atoms with E-state index >= 15 is 0 Å². The topological polar surface area (TPSA) is 174 Å². The van der Waals surface area contributed by atoms with Gasteiger partial charge in [-0.15, -0.1) is 0 Å². The Kier molecular flexibility index (Phi) is 22.3. The highest BCUT2D eigenvalue weighted by atomic mass is 16.6. The normalized spacial score (nSPS) is 11.2. The van der Waals surface area contributed by atoms with Crippen LogP contribution in [-0.4, -0.2) is 127 Å². The third kappa shape index (κ3) is 26.7. The van der Waals surface area contributed by atoms with Gasteiger partial charge in [0.25, 0.3) is 0 Å². The number of esters is 1. The molecule has 0 unspecified atom stereocenters. The third-order valence-electron chi connectivity index (χ3n) is 4.06. The summed E-state index contributed by atoms with van der Waals surface area (Å²) >= 11 is 0. The standard InChI is InChI=1S/C24H43NO13/c1-24(2,3)38-23(30)25-6-7-31-8-9-32-10-11-33-12-13-34-14-15-35-16-17-36-18-19-37-21(27)5-4-20(26)22(28)29/h4-19H2,1-3H3,(H,25,30)(H,28,29). The molecule has 0 bridgehead atoms. The Bertz CT molecular complexity index is 652. The number of aliphatic carboxylic acids is 1. The molecule has 0 aliphatic rings. The Labute approximate surface area is 223 Å². The number of amides is 1. The maximum atomic E-state index is 11.4. The minimum absolute atomic E-state index is 0.0110. The summed E-state index contributed by atoms with van der Waals surface area (Å²) in [6, 6.07) is 0. The van der Waals surface area contributed by atoms with Gasteiger partial charge >= 0.3 is 18.0 Å². The van der Waals surface area contributed by atoms with Crippen molar-refractivity contribution in [2.75, 3.05) is 92.4 Å². The van der Waals surface area contributed by atoms with E-state index in [1.165, 1.54) is 0 Å². The smallest absolute Gasteiger partial charge is 0.407 e. The minimum atomic E-state index is -1.57. The molecule has 2 N–H and O–H groups in total. The molecule has 0 radical (unpaired) electrons. The lowest BCUT2D eigenvalue weighted by Gasteiger charge is -2.19. The van der Waals surface area contributed by atoms with Gasteiger partial charge in [-0.3, -0.25) is 9.59 Å². The van der Waals surface area contributed by atoms with E-state index in [0.717, 1.165) is 0 Å². The zero-order chi connectivity index (χ0) is 28.5. The highest BCUT2D eigenvalue weighted by Crippen LogP contribution is 2.06. The van der Waals surface area contributed by atoms with Crippen LogP contribution in [0.5, 0.6) is 0 Å². The third-order valence-corrected chi connectivity index (χ3v) is 4.06. The molecular weight excluding hydrogens is 510 g/mol. The summed E-state index contributed by atoms with van der Waals surface area (Å²) in [6.45, 7) is 10.3. The van der Waals surface area contributed by atoms with E-state index in [0.29, 0.717) is 79.2 Å². The molecule has 0 fully saturated rings. The molecule has 0 atom stereocenters. The molecule has 0 rings (SSSR count). The summed E-state index contributed by atoms with van der Waals surface area (Å²) in [5, 5.41) is 11.0. The van der Waals surface area contributed by atoms with Crippen LogP contribution in [0.3, 0.4) is 0 Å². The van der Waals surface area contributed by atoms with Crippen molar-refractivity contribution in [2.24, 2.45) is 0 Å². The molecule has 1 amide bonds. The summed E-state index contributed by atoms with van der Waals surface area (Å²) in [5.41, 5.74) is -0.525. The Morgan fingerprint density at radius 1 is 0.605 bits per heavy atom. The number of hydrogen-bond acceptors (Lipinski definition) is 12. The van der Waals surface area contributed by atoms with Gasteiger partial charge in [-0.1, -0.05) is 0 Å². The van der Waals surface area contributed by atoms with E-state index in [9.17, 15) is 19.2 Å². The van der Waals surface area contributed by atoms with Gasteiger partial charge < -0.3 is 48.3 Å². The molecule has 0 aromatic carbocycles. The molecule has 0 saturated carbocycles. The fourth-order valence-corrected chi connectivity index (χ4v) is 2.35. The van der Waals surface area contributed by atoms with E-state index < -0.39 is 29.4 Å². The van der Waals surface area contributed by atoms with Crippen LogP contribution in [-0.2, 0) is 52.3 Å². The van der Waals surface area contributed by atoms with Crippen molar-refractivity contribution in [3.63, 3.8) is 0 Å². The molecule has 0 heterocycles. The first kappa shape index (κ1) is 35.6. The van der Waals surface area contributed by atoms with Crippen LogP contribution in [0.4, 0.5) is 4.79 Å². The molecule has 0 saturated heterocycles. The first-order valence-electron chi connectivity index (χ1n) is 12.5. The van der Waals surface area contributed by atoms with Crippen molar-refractivity contribution < 1.29 is 62.2 Å². The number of ether oxygens (including phenoxy) is 8. The van der Waals surface area contributed by atoms with Crippen LogP contribution in [0.1, 0.15) is 33.6 Å². The van der Waals surface area contributed by atoms with Gasteiger partial charge in [0.1, 0.15) is 12.2 Å². The van der Waals surface area contributed by atoms with E-state index in [4.69, 9.17) is 43.0 Å². The second-order valence-electron chi connectivity index (χ2n) is 8.55. The number of alkyl carbamates (subject to hydrolysis) is 1. The summed E-state index contributed by atoms with van der Waals surface area (Å²) < 4.78 is 42.0. The number of rotatable bonds is 25. The van der Waals surface area contributed by atoms with Gasteiger partial charge in [0.05, 0.1) is 85.7 Å². The SMILES string of the molecule is CC(C)(C)OC(=O)NCCOCCOCCOCCOCCOCCOCCOC(=O)CCC(=O)C(=O)O. The largest absolute Gasteiger partial charge is 0.476 e. The number of nitrogens with one attached hydrogen (secondary N) is 1. The number of carboxylic acids is 1. The van der Waals surface area contributed by atoms with Crippen LogP contribution < -0.4 is 5.32 Å². The Balaban J connectivity index is 3.22. The van der Waals surface area contributed by atoms with Gasteiger partial charge in [-0.05, 0) is 20.8 Å². The predicted octanol–water partition coefficient (Wildman–Crippen LogP) is 0.588. The van der Waals surface area contributed by atoms with Crippen LogP contribution >= 0.6 is 0 Å². The van der Waals surface area contributed by atoms with Crippen molar-refractivity contribution in [1.82, 2.24) is 5.32 Å². The second-order valence-corrected chi connectivity index (χ2v) is 8.55. The lowest BCUT2D eigenvalue weighted by Crippen LogP contribution is -2.34. The molecule has 222 valence electrons. The van der Waals surface area contributed by atoms with E-state index in [2.05, 4.69) is 5.32 Å². The number of ketones is 1. The minimum Gasteiger partial charge on any atom is -0.476 e. The second kappa shape index (κ2) is 23.7. The molecule has 0 aromatic rings. The van der Waals surface area contributed by atoms with Crippen LogP contribution in [0.2, 0.25) is 0 Å². The van der Waals surface area contributed by atoms with Gasteiger partial charge in [-0.25, -0.2) is 9.59 Å². The Morgan fingerprint density at radius 2 is 1.00 bits per heavy atom. The van der Waals surface area contributed by atoms with Crippen molar-refractivity contribution in [3.05, 3.63) is 0 Å². The average molecular weight is 554 g/mol.